The third kappa shape index (κ3) is 3.08. The summed E-state index contributed by atoms with van der Waals surface area (Å²) in [4.78, 5) is 24.4. The van der Waals surface area contributed by atoms with Gasteiger partial charge in [0.25, 0.3) is 5.91 Å². The van der Waals surface area contributed by atoms with Crippen LogP contribution in [0.25, 0.3) is 0 Å². The van der Waals surface area contributed by atoms with Crippen molar-refractivity contribution in [3.8, 4) is 5.75 Å². The van der Waals surface area contributed by atoms with Crippen molar-refractivity contribution in [3.05, 3.63) is 51.8 Å². The van der Waals surface area contributed by atoms with E-state index in [4.69, 9.17) is 0 Å². The number of phenols is 1. The number of phenolic OH excluding ortho intramolecular Hbond substituents is 1. The standard InChI is InChI=1S/C16H18N4O4/c1-18-9-12(8-17-18)7-11-5-6-19(10-11)16(22)13-3-2-4-14(15(13)21)20(23)24/h2-4,8-9,11,21H,5-7,10H2,1H3. The molecule has 1 fully saturated rings. The number of likely N-dealkylation sites (tertiary alicyclic amines) is 1. The van der Waals surface area contributed by atoms with E-state index in [1.807, 2.05) is 19.4 Å². The zero-order valence-corrected chi connectivity index (χ0v) is 13.3. The van der Waals surface area contributed by atoms with Crippen LogP contribution in [-0.4, -0.2) is 43.7 Å². The number of nitrogens with zero attached hydrogens (tertiary/aromatic N) is 4. The molecule has 1 atom stereocenters. The second-order valence-corrected chi connectivity index (χ2v) is 6.06. The van der Waals surface area contributed by atoms with Crippen LogP contribution in [0.5, 0.6) is 5.75 Å². The maximum absolute atomic E-state index is 12.6. The van der Waals surface area contributed by atoms with Crippen molar-refractivity contribution in [1.82, 2.24) is 14.7 Å². The van der Waals surface area contributed by atoms with Crippen LogP contribution in [0.3, 0.4) is 0 Å². The summed E-state index contributed by atoms with van der Waals surface area (Å²) in [5, 5.41) is 25.0. The molecule has 1 aromatic carbocycles. The number of aromatic hydroxyl groups is 1. The molecule has 8 heteroatoms. The number of hydrogen-bond donors (Lipinski definition) is 1. The fourth-order valence-corrected chi connectivity index (χ4v) is 3.12. The Morgan fingerprint density at radius 1 is 1.50 bits per heavy atom. The summed E-state index contributed by atoms with van der Waals surface area (Å²) in [5.41, 5.74) is 0.646. The lowest BCUT2D eigenvalue weighted by atomic mass is 10.0. The van der Waals surface area contributed by atoms with Crippen LogP contribution in [0, 0.1) is 16.0 Å². The van der Waals surface area contributed by atoms with Gasteiger partial charge in [-0.05, 0) is 30.4 Å². The third-order valence-corrected chi connectivity index (χ3v) is 4.30. The van der Waals surface area contributed by atoms with Crippen molar-refractivity contribution in [2.75, 3.05) is 13.1 Å². The van der Waals surface area contributed by atoms with Gasteiger partial charge in [0, 0.05) is 32.4 Å². The van der Waals surface area contributed by atoms with Gasteiger partial charge in [0.2, 0.25) is 5.75 Å². The summed E-state index contributed by atoms with van der Waals surface area (Å²) in [7, 11) is 1.86. The van der Waals surface area contributed by atoms with Crippen molar-refractivity contribution < 1.29 is 14.8 Å². The molecule has 1 saturated heterocycles. The molecule has 2 aromatic rings. The van der Waals surface area contributed by atoms with Gasteiger partial charge in [-0.1, -0.05) is 6.07 Å². The number of rotatable bonds is 4. The highest BCUT2D eigenvalue weighted by Crippen LogP contribution is 2.31. The predicted octanol–water partition coefficient (Wildman–Crippen LogP) is 1.74. The number of hydrogen-bond acceptors (Lipinski definition) is 5. The summed E-state index contributed by atoms with van der Waals surface area (Å²) in [6.45, 7) is 1.14. The van der Waals surface area contributed by atoms with E-state index >= 15 is 0 Å². The normalized spacial score (nSPS) is 17.2. The molecule has 0 saturated carbocycles. The van der Waals surface area contributed by atoms with Crippen LogP contribution >= 0.6 is 0 Å². The number of aromatic nitrogens is 2. The molecule has 1 N–H and O–H groups in total. The van der Waals surface area contributed by atoms with Crippen molar-refractivity contribution in [2.24, 2.45) is 13.0 Å². The summed E-state index contributed by atoms with van der Waals surface area (Å²) in [6.07, 6.45) is 5.46. The zero-order valence-electron chi connectivity index (χ0n) is 13.3. The lowest BCUT2D eigenvalue weighted by Gasteiger charge is -2.17. The van der Waals surface area contributed by atoms with Gasteiger partial charge in [-0.3, -0.25) is 19.6 Å². The fourth-order valence-electron chi connectivity index (χ4n) is 3.12. The molecule has 1 amide bonds. The molecule has 1 aliphatic heterocycles. The van der Waals surface area contributed by atoms with Crippen molar-refractivity contribution >= 4 is 11.6 Å². The Morgan fingerprint density at radius 3 is 2.96 bits per heavy atom. The van der Waals surface area contributed by atoms with E-state index in [1.165, 1.54) is 18.2 Å². The van der Waals surface area contributed by atoms with Crippen molar-refractivity contribution in [1.29, 1.82) is 0 Å². The van der Waals surface area contributed by atoms with Crippen LogP contribution in [-0.2, 0) is 13.5 Å². The quantitative estimate of drug-likeness (QED) is 0.679. The minimum Gasteiger partial charge on any atom is -0.502 e. The molecular weight excluding hydrogens is 312 g/mol. The molecule has 1 unspecified atom stereocenters. The van der Waals surface area contributed by atoms with Gasteiger partial charge in [0.1, 0.15) is 0 Å². The highest BCUT2D eigenvalue weighted by molar-refractivity contribution is 5.98. The van der Waals surface area contributed by atoms with E-state index in [-0.39, 0.29) is 11.5 Å². The zero-order chi connectivity index (χ0) is 17.3. The predicted molar refractivity (Wildman–Crippen MR) is 85.7 cm³/mol. The summed E-state index contributed by atoms with van der Waals surface area (Å²) in [5.74, 6) is -0.618. The van der Waals surface area contributed by atoms with Gasteiger partial charge in [-0.15, -0.1) is 0 Å². The largest absolute Gasteiger partial charge is 0.502 e. The first-order valence-corrected chi connectivity index (χ1v) is 7.69. The number of nitro groups is 1. The van der Waals surface area contributed by atoms with Gasteiger partial charge in [0.15, 0.2) is 0 Å². The monoisotopic (exact) mass is 330 g/mol. The average Bonchev–Trinajstić information content (AvgIpc) is 3.16. The van der Waals surface area contributed by atoms with E-state index < -0.39 is 16.4 Å². The first-order valence-electron chi connectivity index (χ1n) is 7.69. The maximum Gasteiger partial charge on any atom is 0.311 e. The van der Waals surface area contributed by atoms with E-state index in [0.717, 1.165) is 18.4 Å². The smallest absolute Gasteiger partial charge is 0.311 e. The molecule has 126 valence electrons. The first-order chi connectivity index (χ1) is 11.5. The van der Waals surface area contributed by atoms with E-state index in [2.05, 4.69) is 5.10 Å². The van der Waals surface area contributed by atoms with E-state index in [9.17, 15) is 20.0 Å². The van der Waals surface area contributed by atoms with Crippen LogP contribution < -0.4 is 0 Å². The molecule has 8 nitrogen and oxygen atoms in total. The molecule has 1 aromatic heterocycles. The summed E-state index contributed by atoms with van der Waals surface area (Å²) >= 11 is 0. The van der Waals surface area contributed by atoms with Gasteiger partial charge in [-0.2, -0.15) is 5.10 Å². The SMILES string of the molecule is Cn1cc(CC2CCN(C(=O)c3cccc([N+](=O)[O-])c3O)C2)cn1. The molecule has 24 heavy (non-hydrogen) atoms. The Labute approximate surface area is 138 Å². The van der Waals surface area contributed by atoms with Crippen molar-refractivity contribution in [2.45, 2.75) is 12.8 Å². The molecule has 0 spiro atoms. The Hall–Kier alpha value is -2.90. The minimum absolute atomic E-state index is 0.0220. The number of aryl methyl sites for hydroxylation is 1. The number of para-hydroxylation sites is 1. The van der Waals surface area contributed by atoms with Gasteiger partial charge in [0.05, 0.1) is 16.7 Å². The second kappa shape index (κ2) is 6.31. The Balaban J connectivity index is 1.71. The third-order valence-electron chi connectivity index (χ3n) is 4.30. The van der Waals surface area contributed by atoms with Crippen LogP contribution in [0.4, 0.5) is 5.69 Å². The number of amides is 1. The topological polar surface area (TPSA) is 102 Å². The fraction of sp³-hybridized carbons (Fsp3) is 0.375. The van der Waals surface area contributed by atoms with Gasteiger partial charge >= 0.3 is 5.69 Å². The Morgan fingerprint density at radius 2 is 2.29 bits per heavy atom. The lowest BCUT2D eigenvalue weighted by molar-refractivity contribution is -0.385. The molecule has 2 heterocycles. The second-order valence-electron chi connectivity index (χ2n) is 6.06. The number of nitro benzene ring substituents is 1. The molecule has 3 rings (SSSR count). The Kier molecular flexibility index (Phi) is 4.20. The van der Waals surface area contributed by atoms with Gasteiger partial charge in [-0.25, -0.2) is 0 Å². The highest BCUT2D eigenvalue weighted by atomic mass is 16.6. The van der Waals surface area contributed by atoms with E-state index in [0.29, 0.717) is 19.0 Å². The summed E-state index contributed by atoms with van der Waals surface area (Å²) in [6, 6.07) is 4.01. The lowest BCUT2D eigenvalue weighted by Crippen LogP contribution is -2.29. The molecular formula is C16H18N4O4. The van der Waals surface area contributed by atoms with E-state index in [1.54, 1.807) is 9.58 Å². The van der Waals surface area contributed by atoms with Crippen LogP contribution in [0.1, 0.15) is 22.3 Å². The van der Waals surface area contributed by atoms with Crippen LogP contribution in [0.2, 0.25) is 0 Å². The van der Waals surface area contributed by atoms with Gasteiger partial charge < -0.3 is 10.0 Å². The average molecular weight is 330 g/mol. The summed E-state index contributed by atoms with van der Waals surface area (Å²) < 4.78 is 1.74. The maximum atomic E-state index is 12.6. The van der Waals surface area contributed by atoms with Crippen LogP contribution in [0.15, 0.2) is 30.6 Å². The molecule has 0 aliphatic carbocycles. The Bertz CT molecular complexity index is 786. The molecule has 0 radical (unpaired) electrons. The minimum atomic E-state index is -0.693. The number of carbonyl (C=O) groups is 1. The highest BCUT2D eigenvalue weighted by Gasteiger charge is 2.30. The first kappa shape index (κ1) is 16.0. The molecule has 0 bridgehead atoms. The van der Waals surface area contributed by atoms with Crippen molar-refractivity contribution in [3.63, 3.8) is 0 Å². The number of carbonyl (C=O) groups excluding carboxylic acids is 1. The number of benzene rings is 1. The molecule has 1 aliphatic rings.